The normalized spacial score (nSPS) is 24.3. The summed E-state index contributed by atoms with van der Waals surface area (Å²) in [4.78, 5) is 31.0. The van der Waals surface area contributed by atoms with E-state index in [0.29, 0.717) is 25.6 Å². The van der Waals surface area contributed by atoms with Gasteiger partial charge in [0.15, 0.2) is 0 Å². The van der Waals surface area contributed by atoms with Gasteiger partial charge >= 0.3 is 11.4 Å². The van der Waals surface area contributed by atoms with E-state index in [1.54, 1.807) is 0 Å². The number of aromatic amines is 1. The van der Waals surface area contributed by atoms with Gasteiger partial charge in [0.2, 0.25) is 5.95 Å². The zero-order chi connectivity index (χ0) is 15.5. The first-order valence-electron chi connectivity index (χ1n) is 8.22. The van der Waals surface area contributed by atoms with Crippen LogP contribution in [0, 0.1) is 5.92 Å². The Morgan fingerprint density at radius 2 is 2.05 bits per heavy atom. The quantitative estimate of drug-likeness (QED) is 0.874. The second kappa shape index (κ2) is 6.64. The lowest BCUT2D eigenvalue weighted by molar-refractivity contribution is 0.185. The van der Waals surface area contributed by atoms with Crippen LogP contribution in [0.4, 0.5) is 5.95 Å². The predicted octanol–water partition coefficient (Wildman–Crippen LogP) is 1.27. The number of ether oxygens (including phenoxy) is 1. The van der Waals surface area contributed by atoms with E-state index in [1.165, 1.54) is 36.7 Å². The van der Waals surface area contributed by atoms with E-state index in [9.17, 15) is 9.59 Å². The molecule has 0 aromatic carbocycles. The lowest BCUT2D eigenvalue weighted by atomic mass is 9.85. The van der Waals surface area contributed by atoms with Crippen LogP contribution < -0.4 is 16.7 Å². The molecule has 0 bridgehead atoms. The van der Waals surface area contributed by atoms with Crippen LogP contribution >= 0.6 is 0 Å². The summed E-state index contributed by atoms with van der Waals surface area (Å²) in [6.45, 7) is 3.07. The number of aromatic nitrogens is 3. The maximum Gasteiger partial charge on any atom is 0.355 e. The Hall–Kier alpha value is -1.63. The van der Waals surface area contributed by atoms with E-state index < -0.39 is 11.4 Å². The minimum atomic E-state index is -0.502. The molecule has 2 heterocycles. The highest BCUT2D eigenvalue weighted by atomic mass is 16.5. The lowest BCUT2D eigenvalue weighted by Gasteiger charge is -2.28. The number of anilines is 1. The first kappa shape index (κ1) is 15.3. The molecule has 1 saturated heterocycles. The average molecular weight is 308 g/mol. The van der Waals surface area contributed by atoms with E-state index in [0.717, 1.165) is 0 Å². The van der Waals surface area contributed by atoms with Crippen molar-refractivity contribution >= 4 is 5.95 Å². The van der Waals surface area contributed by atoms with Gasteiger partial charge < -0.3 is 10.1 Å². The SMILES string of the molecule is C[C@H](Nc1nc(=O)n(C2CCOC2)c(=O)[nH]1)C1CCCCC1. The first-order chi connectivity index (χ1) is 10.6. The molecule has 2 atom stereocenters. The molecule has 2 aliphatic rings. The molecule has 122 valence electrons. The van der Waals surface area contributed by atoms with Gasteiger partial charge in [0.25, 0.3) is 0 Å². The standard InChI is InChI=1S/C15H24N4O3/c1-10(11-5-3-2-4-6-11)16-13-17-14(20)19(15(21)18-13)12-7-8-22-9-12/h10-12H,2-9H2,1H3,(H2,16,17,18,20,21)/t10-,12?/m0/s1. The molecule has 22 heavy (non-hydrogen) atoms. The van der Waals surface area contributed by atoms with Crippen molar-refractivity contribution < 1.29 is 4.74 Å². The third kappa shape index (κ3) is 3.24. The van der Waals surface area contributed by atoms with Gasteiger partial charge in [-0.2, -0.15) is 4.98 Å². The van der Waals surface area contributed by atoms with Gasteiger partial charge in [-0.25, -0.2) is 14.2 Å². The fourth-order valence-electron chi connectivity index (χ4n) is 3.51. The van der Waals surface area contributed by atoms with Crippen molar-refractivity contribution in [3.05, 3.63) is 21.0 Å². The van der Waals surface area contributed by atoms with Crippen molar-refractivity contribution in [2.45, 2.75) is 57.5 Å². The predicted molar refractivity (Wildman–Crippen MR) is 83.3 cm³/mol. The zero-order valence-electron chi connectivity index (χ0n) is 13.0. The van der Waals surface area contributed by atoms with Gasteiger partial charge in [0.1, 0.15) is 0 Å². The summed E-state index contributed by atoms with van der Waals surface area (Å²) in [5, 5.41) is 3.20. The van der Waals surface area contributed by atoms with Crippen molar-refractivity contribution in [3.63, 3.8) is 0 Å². The molecule has 2 N–H and O–H groups in total. The summed E-state index contributed by atoms with van der Waals surface area (Å²) in [6, 6.07) is 0.00193. The maximum atomic E-state index is 12.2. The summed E-state index contributed by atoms with van der Waals surface area (Å²) < 4.78 is 6.41. The fraction of sp³-hybridized carbons (Fsp3) is 0.800. The Balaban J connectivity index is 1.74. The molecule has 1 aromatic rings. The lowest BCUT2D eigenvalue weighted by Crippen LogP contribution is -2.41. The number of nitrogens with zero attached hydrogens (tertiary/aromatic N) is 2. The third-order valence-corrected chi connectivity index (χ3v) is 4.85. The van der Waals surface area contributed by atoms with Gasteiger partial charge in [-0.05, 0) is 32.1 Å². The summed E-state index contributed by atoms with van der Waals surface area (Å²) in [5.41, 5.74) is -0.911. The second-order valence-electron chi connectivity index (χ2n) is 6.39. The van der Waals surface area contributed by atoms with E-state index in [4.69, 9.17) is 4.74 Å². The van der Waals surface area contributed by atoms with Crippen LogP contribution in [0.25, 0.3) is 0 Å². The molecule has 1 aliphatic carbocycles. The topological polar surface area (TPSA) is 89.0 Å². The van der Waals surface area contributed by atoms with Gasteiger partial charge in [-0.1, -0.05) is 19.3 Å². The molecular formula is C15H24N4O3. The van der Waals surface area contributed by atoms with Crippen LogP contribution in [0.1, 0.15) is 51.5 Å². The van der Waals surface area contributed by atoms with E-state index >= 15 is 0 Å². The molecule has 7 nitrogen and oxygen atoms in total. The van der Waals surface area contributed by atoms with Gasteiger partial charge in [-0.3, -0.25) is 4.98 Å². The Bertz CT molecular complexity index is 581. The van der Waals surface area contributed by atoms with Crippen LogP contribution in [0.2, 0.25) is 0 Å². The van der Waals surface area contributed by atoms with Crippen LogP contribution in [-0.4, -0.2) is 33.8 Å². The van der Waals surface area contributed by atoms with Crippen LogP contribution in [0.5, 0.6) is 0 Å². The smallest absolute Gasteiger partial charge is 0.355 e. The molecule has 1 saturated carbocycles. The van der Waals surface area contributed by atoms with Gasteiger partial charge in [0, 0.05) is 12.6 Å². The minimum absolute atomic E-state index is 0.200. The zero-order valence-corrected chi connectivity index (χ0v) is 13.0. The molecule has 1 aromatic heterocycles. The summed E-state index contributed by atoms with van der Waals surface area (Å²) in [5.74, 6) is 0.855. The molecule has 1 aliphatic heterocycles. The van der Waals surface area contributed by atoms with E-state index in [1.807, 2.05) is 0 Å². The molecule has 2 fully saturated rings. The van der Waals surface area contributed by atoms with Crippen LogP contribution in [0.15, 0.2) is 9.59 Å². The number of H-pyrrole nitrogens is 1. The minimum Gasteiger partial charge on any atom is -0.379 e. The van der Waals surface area contributed by atoms with Crippen molar-refractivity contribution in [1.29, 1.82) is 0 Å². The highest BCUT2D eigenvalue weighted by molar-refractivity contribution is 5.23. The van der Waals surface area contributed by atoms with Crippen molar-refractivity contribution in [1.82, 2.24) is 14.5 Å². The first-order valence-corrected chi connectivity index (χ1v) is 8.22. The second-order valence-corrected chi connectivity index (χ2v) is 6.39. The number of hydrogen-bond acceptors (Lipinski definition) is 5. The van der Waals surface area contributed by atoms with Crippen LogP contribution in [-0.2, 0) is 4.74 Å². The summed E-state index contributed by atoms with van der Waals surface area (Å²) in [7, 11) is 0. The van der Waals surface area contributed by atoms with Crippen molar-refractivity contribution in [2.75, 3.05) is 18.5 Å². The number of hydrogen-bond donors (Lipinski definition) is 2. The molecular weight excluding hydrogens is 284 g/mol. The molecule has 0 amide bonds. The van der Waals surface area contributed by atoms with Crippen molar-refractivity contribution in [3.8, 4) is 0 Å². The number of nitrogens with one attached hydrogen (secondary N) is 2. The van der Waals surface area contributed by atoms with Crippen LogP contribution in [0.3, 0.4) is 0 Å². The van der Waals surface area contributed by atoms with Gasteiger partial charge in [0.05, 0.1) is 12.6 Å². The Kier molecular flexibility index (Phi) is 4.61. The molecule has 0 radical (unpaired) electrons. The highest BCUT2D eigenvalue weighted by Crippen LogP contribution is 2.27. The molecule has 0 spiro atoms. The molecule has 7 heteroatoms. The molecule has 3 rings (SSSR count). The summed E-state index contributed by atoms with van der Waals surface area (Å²) >= 11 is 0. The van der Waals surface area contributed by atoms with E-state index in [-0.39, 0.29) is 18.0 Å². The highest BCUT2D eigenvalue weighted by Gasteiger charge is 2.23. The monoisotopic (exact) mass is 308 g/mol. The van der Waals surface area contributed by atoms with Crippen molar-refractivity contribution in [2.24, 2.45) is 5.92 Å². The number of rotatable bonds is 4. The fourth-order valence-corrected chi connectivity index (χ4v) is 3.51. The largest absolute Gasteiger partial charge is 0.379 e. The Morgan fingerprint density at radius 1 is 1.27 bits per heavy atom. The maximum absolute atomic E-state index is 12.2. The van der Waals surface area contributed by atoms with Gasteiger partial charge in [-0.15, -0.1) is 0 Å². The Morgan fingerprint density at radius 3 is 2.68 bits per heavy atom. The Labute approximate surface area is 129 Å². The van der Waals surface area contributed by atoms with E-state index in [2.05, 4.69) is 22.2 Å². The average Bonchev–Trinajstić information content (AvgIpc) is 3.01. The molecule has 1 unspecified atom stereocenters. The summed E-state index contributed by atoms with van der Waals surface area (Å²) in [6.07, 6.45) is 6.87. The third-order valence-electron chi connectivity index (χ3n) is 4.85.